The highest BCUT2D eigenvalue weighted by atomic mass is 16.5. The summed E-state index contributed by atoms with van der Waals surface area (Å²) in [5, 5.41) is 2.72. The molecule has 3 N–H and O–H groups in total. The van der Waals surface area contributed by atoms with Crippen molar-refractivity contribution >= 4 is 29.1 Å². The van der Waals surface area contributed by atoms with E-state index < -0.39 is 29.7 Å². The highest BCUT2D eigenvalue weighted by Gasteiger charge is 2.37. The molecule has 38 heavy (non-hydrogen) atoms. The van der Waals surface area contributed by atoms with Crippen molar-refractivity contribution in [2.75, 3.05) is 32.0 Å². The van der Waals surface area contributed by atoms with Crippen LogP contribution in [0.3, 0.4) is 0 Å². The summed E-state index contributed by atoms with van der Waals surface area (Å²) >= 11 is 0. The van der Waals surface area contributed by atoms with Gasteiger partial charge < -0.3 is 25.3 Å². The smallest absolute Gasteiger partial charge is 0.256 e. The number of hydrogen-bond donors (Lipinski definition) is 2. The Morgan fingerprint density at radius 1 is 1.00 bits per heavy atom. The number of nitrogens with zero attached hydrogens (tertiary/aromatic N) is 1. The number of amides is 3. The fourth-order valence-corrected chi connectivity index (χ4v) is 4.78. The number of fused-ring (bicyclic) bond motifs is 3. The van der Waals surface area contributed by atoms with Crippen molar-refractivity contribution in [2.45, 2.75) is 32.2 Å². The highest BCUT2D eigenvalue weighted by molar-refractivity contribution is 6.22. The van der Waals surface area contributed by atoms with Crippen LogP contribution < -0.4 is 30.2 Å². The fraction of sp³-hybridized carbons (Fsp3) is 0.276. The molecule has 0 spiro atoms. The molecule has 4 rings (SSSR count). The minimum atomic E-state index is -0.990. The first-order valence-corrected chi connectivity index (χ1v) is 12.2. The second-order valence-electron chi connectivity index (χ2n) is 9.06. The molecule has 9 heteroatoms. The van der Waals surface area contributed by atoms with Crippen molar-refractivity contribution in [3.63, 3.8) is 0 Å². The van der Waals surface area contributed by atoms with Gasteiger partial charge in [0.25, 0.3) is 5.91 Å². The molecule has 0 aliphatic carbocycles. The van der Waals surface area contributed by atoms with Crippen molar-refractivity contribution in [2.24, 2.45) is 0 Å². The van der Waals surface area contributed by atoms with Crippen LogP contribution in [0.2, 0.25) is 0 Å². The lowest BCUT2D eigenvalue weighted by Crippen LogP contribution is -2.50. The van der Waals surface area contributed by atoms with Crippen LogP contribution in [-0.2, 0) is 20.8 Å². The molecule has 1 heterocycles. The van der Waals surface area contributed by atoms with E-state index in [2.05, 4.69) is 5.32 Å². The predicted octanol–water partition coefficient (Wildman–Crippen LogP) is 3.69. The number of methoxy groups -OCH3 is 3. The summed E-state index contributed by atoms with van der Waals surface area (Å²) in [6.45, 7) is 3.31. The molecule has 0 aromatic heterocycles. The van der Waals surface area contributed by atoms with Gasteiger partial charge in [-0.25, -0.2) is 4.90 Å². The zero-order valence-electron chi connectivity index (χ0n) is 22.0. The van der Waals surface area contributed by atoms with Crippen molar-refractivity contribution in [3.05, 3.63) is 65.7 Å². The molecule has 198 valence electrons. The zero-order chi connectivity index (χ0) is 27.6. The number of carbonyl (C=O) groups is 3. The maximum absolute atomic E-state index is 13.7. The molecule has 3 amide bonds. The monoisotopic (exact) mass is 517 g/mol. The van der Waals surface area contributed by atoms with Crippen LogP contribution in [0.1, 0.15) is 30.9 Å². The van der Waals surface area contributed by atoms with E-state index in [-0.39, 0.29) is 6.42 Å². The number of nitrogens with one attached hydrogen (secondary N) is 1. The van der Waals surface area contributed by atoms with Crippen LogP contribution in [0, 0.1) is 0 Å². The molecule has 2 atom stereocenters. The van der Waals surface area contributed by atoms with E-state index >= 15 is 0 Å². The van der Waals surface area contributed by atoms with E-state index in [1.165, 1.54) is 21.3 Å². The summed E-state index contributed by atoms with van der Waals surface area (Å²) in [5.74, 6) is -0.711. The van der Waals surface area contributed by atoms with Crippen LogP contribution in [0.25, 0.3) is 11.1 Å². The molecule has 0 bridgehead atoms. The molecule has 3 aromatic carbocycles. The maximum Gasteiger partial charge on any atom is 0.256 e. The molecule has 9 nitrogen and oxygen atoms in total. The standard InChI is InChI=1S/C29H31N3O6/c1-16-19-9-6-7-10-20(19)26-21(30)11-8-12-22(26)32(28(16)34)29(35)17(2)31-25(33)15-18-13-23(36-3)27(38-5)24(14-18)37-4/h6-14,16-17H,15,30H2,1-5H3,(H,31,33)/t16?,17-/m0/s1. The Morgan fingerprint density at radius 2 is 1.66 bits per heavy atom. The lowest BCUT2D eigenvalue weighted by molar-refractivity contribution is -0.131. The van der Waals surface area contributed by atoms with Crippen LogP contribution >= 0.6 is 0 Å². The topological polar surface area (TPSA) is 120 Å². The number of nitrogen functional groups attached to an aromatic ring is 1. The van der Waals surface area contributed by atoms with Crippen molar-refractivity contribution < 1.29 is 28.6 Å². The highest BCUT2D eigenvalue weighted by Crippen LogP contribution is 2.44. The minimum absolute atomic E-state index is 0.0480. The van der Waals surface area contributed by atoms with E-state index in [1.54, 1.807) is 44.2 Å². The normalized spacial score (nSPS) is 15.0. The maximum atomic E-state index is 13.7. The Bertz CT molecular complexity index is 1380. The number of imide groups is 1. The third-order valence-electron chi connectivity index (χ3n) is 6.66. The fourth-order valence-electron chi connectivity index (χ4n) is 4.78. The van der Waals surface area contributed by atoms with Gasteiger partial charge in [-0.2, -0.15) is 0 Å². The quantitative estimate of drug-likeness (QED) is 0.459. The molecule has 1 unspecified atom stereocenters. The first kappa shape index (κ1) is 26.5. The summed E-state index contributed by atoms with van der Waals surface area (Å²) in [4.78, 5) is 41.4. The van der Waals surface area contributed by atoms with Crippen LogP contribution in [0.5, 0.6) is 17.2 Å². The van der Waals surface area contributed by atoms with E-state index in [4.69, 9.17) is 19.9 Å². The Kier molecular flexibility index (Phi) is 7.57. The Labute approximate surface area is 221 Å². The van der Waals surface area contributed by atoms with Gasteiger partial charge in [0.2, 0.25) is 17.6 Å². The molecular formula is C29H31N3O6. The Hall–Kier alpha value is -4.53. The van der Waals surface area contributed by atoms with Gasteiger partial charge in [-0.3, -0.25) is 14.4 Å². The number of anilines is 2. The van der Waals surface area contributed by atoms with Crippen LogP contribution in [0.15, 0.2) is 54.6 Å². The number of hydrogen-bond acceptors (Lipinski definition) is 7. The number of rotatable bonds is 7. The van der Waals surface area contributed by atoms with Gasteiger partial charge in [-0.1, -0.05) is 30.3 Å². The molecule has 3 aromatic rings. The van der Waals surface area contributed by atoms with E-state index in [1.807, 2.05) is 24.3 Å². The van der Waals surface area contributed by atoms with Gasteiger partial charge in [-0.15, -0.1) is 0 Å². The van der Waals surface area contributed by atoms with Crippen molar-refractivity contribution in [3.8, 4) is 28.4 Å². The average molecular weight is 518 g/mol. The van der Waals surface area contributed by atoms with Crippen molar-refractivity contribution in [1.29, 1.82) is 0 Å². The van der Waals surface area contributed by atoms with E-state index in [0.29, 0.717) is 39.8 Å². The third kappa shape index (κ3) is 4.74. The zero-order valence-corrected chi connectivity index (χ0v) is 22.0. The molecular weight excluding hydrogens is 486 g/mol. The third-order valence-corrected chi connectivity index (χ3v) is 6.66. The minimum Gasteiger partial charge on any atom is -0.493 e. The molecule has 0 saturated carbocycles. The van der Waals surface area contributed by atoms with Gasteiger partial charge in [0.15, 0.2) is 11.5 Å². The molecule has 1 aliphatic heterocycles. The van der Waals surface area contributed by atoms with E-state index in [9.17, 15) is 14.4 Å². The van der Waals surface area contributed by atoms with Crippen molar-refractivity contribution in [1.82, 2.24) is 5.32 Å². The summed E-state index contributed by atoms with van der Waals surface area (Å²) in [6.07, 6.45) is -0.0480. The van der Waals surface area contributed by atoms with E-state index in [0.717, 1.165) is 16.0 Å². The van der Waals surface area contributed by atoms with Gasteiger partial charge in [0, 0.05) is 11.3 Å². The molecule has 1 aliphatic rings. The number of ether oxygens (including phenoxy) is 3. The summed E-state index contributed by atoms with van der Waals surface area (Å²) < 4.78 is 16.0. The SMILES string of the molecule is COc1cc(CC(=O)N[C@@H](C)C(=O)N2C(=O)C(C)c3ccccc3-c3c(N)cccc32)cc(OC)c1OC. The molecule has 0 fully saturated rings. The first-order chi connectivity index (χ1) is 18.2. The van der Waals surface area contributed by atoms with Crippen LogP contribution in [0.4, 0.5) is 11.4 Å². The summed E-state index contributed by atoms with van der Waals surface area (Å²) in [6, 6.07) is 15.0. The Balaban J connectivity index is 1.61. The molecule has 0 saturated heterocycles. The van der Waals surface area contributed by atoms with Gasteiger partial charge >= 0.3 is 0 Å². The van der Waals surface area contributed by atoms with Gasteiger partial charge in [0.05, 0.1) is 39.4 Å². The van der Waals surface area contributed by atoms with Gasteiger partial charge in [-0.05, 0) is 54.8 Å². The van der Waals surface area contributed by atoms with Gasteiger partial charge in [0.1, 0.15) is 6.04 Å². The first-order valence-electron chi connectivity index (χ1n) is 12.2. The second-order valence-corrected chi connectivity index (χ2v) is 9.06. The number of carbonyl (C=O) groups excluding carboxylic acids is 3. The lowest BCUT2D eigenvalue weighted by Gasteiger charge is -2.26. The number of benzene rings is 3. The largest absolute Gasteiger partial charge is 0.493 e. The summed E-state index contributed by atoms with van der Waals surface area (Å²) in [5.41, 5.74) is 9.99. The average Bonchev–Trinajstić information content (AvgIpc) is 3.00. The Morgan fingerprint density at radius 3 is 2.29 bits per heavy atom. The number of nitrogens with two attached hydrogens (primary N) is 1. The van der Waals surface area contributed by atoms with Crippen LogP contribution in [-0.4, -0.2) is 45.1 Å². The second kappa shape index (κ2) is 10.8. The molecule has 0 radical (unpaired) electrons. The predicted molar refractivity (Wildman–Crippen MR) is 145 cm³/mol. The summed E-state index contributed by atoms with van der Waals surface area (Å²) in [7, 11) is 4.48. The lowest BCUT2D eigenvalue weighted by atomic mass is 9.92.